The van der Waals surface area contributed by atoms with Gasteiger partial charge in [0, 0.05) is 6.08 Å². The summed E-state index contributed by atoms with van der Waals surface area (Å²) in [7, 11) is 3.65. The highest BCUT2D eigenvalue weighted by molar-refractivity contribution is 5.90. The Hall–Kier alpha value is -3.03. The van der Waals surface area contributed by atoms with Gasteiger partial charge in [-0.05, 0) is 23.8 Å². The van der Waals surface area contributed by atoms with Crippen molar-refractivity contribution < 1.29 is 38.4 Å². The zero-order valence-electron chi connectivity index (χ0n) is 13.5. The molecular weight excluding hydrogens is 320 g/mol. The first-order valence-corrected chi connectivity index (χ1v) is 6.81. The van der Waals surface area contributed by atoms with Crippen LogP contribution in [0.5, 0.6) is 11.5 Å². The molecule has 1 aromatic rings. The lowest BCUT2D eigenvalue weighted by atomic mass is 10.2. The van der Waals surface area contributed by atoms with Gasteiger partial charge in [0.2, 0.25) is 6.10 Å². The molecular formula is C16H18O8. The van der Waals surface area contributed by atoms with Crippen LogP contribution in [0.4, 0.5) is 0 Å². The van der Waals surface area contributed by atoms with Crippen LogP contribution in [0.25, 0.3) is 6.08 Å². The number of methoxy groups -OCH3 is 3. The van der Waals surface area contributed by atoms with Gasteiger partial charge in [0.25, 0.3) is 0 Å². The Bertz CT molecular complexity index is 635. The van der Waals surface area contributed by atoms with Crippen LogP contribution in [0, 0.1) is 0 Å². The Kier molecular flexibility index (Phi) is 7.28. The van der Waals surface area contributed by atoms with E-state index in [0.29, 0.717) is 5.56 Å². The molecule has 1 N–H and O–H groups in total. The van der Waals surface area contributed by atoms with Gasteiger partial charge in [0.15, 0.2) is 11.5 Å². The molecule has 0 bridgehead atoms. The Morgan fingerprint density at radius 3 is 2.46 bits per heavy atom. The third-order valence-electron chi connectivity index (χ3n) is 2.92. The second-order valence-corrected chi connectivity index (χ2v) is 4.49. The Morgan fingerprint density at radius 2 is 1.88 bits per heavy atom. The number of esters is 3. The van der Waals surface area contributed by atoms with Crippen molar-refractivity contribution in [2.45, 2.75) is 12.5 Å². The lowest BCUT2D eigenvalue weighted by molar-refractivity contribution is -0.167. The van der Waals surface area contributed by atoms with Gasteiger partial charge in [-0.25, -0.2) is 9.59 Å². The monoisotopic (exact) mass is 338 g/mol. The number of phenols is 1. The fourth-order valence-corrected chi connectivity index (χ4v) is 1.68. The number of carbonyl (C=O) groups is 3. The minimum Gasteiger partial charge on any atom is -0.504 e. The Balaban J connectivity index is 2.77. The summed E-state index contributed by atoms with van der Waals surface area (Å²) in [6.07, 6.45) is 0.625. The first-order chi connectivity index (χ1) is 11.4. The highest BCUT2D eigenvalue weighted by Gasteiger charge is 2.26. The van der Waals surface area contributed by atoms with Crippen LogP contribution in [-0.2, 0) is 28.6 Å². The summed E-state index contributed by atoms with van der Waals surface area (Å²) < 4.78 is 18.7. The molecule has 0 amide bonds. The average Bonchev–Trinajstić information content (AvgIpc) is 2.59. The van der Waals surface area contributed by atoms with E-state index in [-0.39, 0.29) is 11.5 Å². The van der Waals surface area contributed by atoms with Crippen LogP contribution in [0.1, 0.15) is 12.0 Å². The molecule has 0 unspecified atom stereocenters. The molecule has 1 atom stereocenters. The summed E-state index contributed by atoms with van der Waals surface area (Å²) in [4.78, 5) is 34.5. The van der Waals surface area contributed by atoms with Crippen molar-refractivity contribution in [3.63, 3.8) is 0 Å². The molecule has 0 fully saturated rings. The van der Waals surface area contributed by atoms with E-state index in [0.717, 1.165) is 20.3 Å². The number of hydrogen-bond acceptors (Lipinski definition) is 8. The van der Waals surface area contributed by atoms with Crippen molar-refractivity contribution in [3.05, 3.63) is 29.8 Å². The van der Waals surface area contributed by atoms with E-state index in [9.17, 15) is 19.5 Å². The van der Waals surface area contributed by atoms with E-state index in [4.69, 9.17) is 9.47 Å². The average molecular weight is 338 g/mol. The largest absolute Gasteiger partial charge is 0.504 e. The summed E-state index contributed by atoms with van der Waals surface area (Å²) in [5.41, 5.74) is 0.559. The van der Waals surface area contributed by atoms with Gasteiger partial charge in [-0.1, -0.05) is 6.07 Å². The van der Waals surface area contributed by atoms with Crippen molar-refractivity contribution >= 4 is 24.0 Å². The van der Waals surface area contributed by atoms with Crippen molar-refractivity contribution in [1.82, 2.24) is 0 Å². The van der Waals surface area contributed by atoms with Crippen molar-refractivity contribution in [3.8, 4) is 11.5 Å². The van der Waals surface area contributed by atoms with E-state index < -0.39 is 30.4 Å². The van der Waals surface area contributed by atoms with Gasteiger partial charge >= 0.3 is 17.9 Å². The predicted octanol–water partition coefficient (Wildman–Crippen LogP) is 1.06. The molecule has 1 aromatic carbocycles. The lowest BCUT2D eigenvalue weighted by Crippen LogP contribution is -2.30. The molecule has 130 valence electrons. The molecule has 8 nitrogen and oxygen atoms in total. The summed E-state index contributed by atoms with van der Waals surface area (Å²) in [6, 6.07) is 4.46. The topological polar surface area (TPSA) is 108 Å². The minimum absolute atomic E-state index is 0.0407. The number of hydrogen-bond donors (Lipinski definition) is 1. The van der Waals surface area contributed by atoms with E-state index in [1.807, 2.05) is 0 Å². The van der Waals surface area contributed by atoms with E-state index in [2.05, 4.69) is 9.47 Å². The summed E-state index contributed by atoms with van der Waals surface area (Å²) >= 11 is 0. The second-order valence-electron chi connectivity index (χ2n) is 4.49. The molecule has 0 aliphatic heterocycles. The zero-order valence-corrected chi connectivity index (χ0v) is 13.5. The van der Waals surface area contributed by atoms with Gasteiger partial charge in [0.1, 0.15) is 0 Å². The number of benzene rings is 1. The molecule has 24 heavy (non-hydrogen) atoms. The van der Waals surface area contributed by atoms with Crippen LogP contribution in [-0.4, -0.2) is 50.4 Å². The van der Waals surface area contributed by atoms with E-state index in [1.165, 1.54) is 25.3 Å². The van der Waals surface area contributed by atoms with Crippen molar-refractivity contribution in [2.75, 3.05) is 21.3 Å². The fraction of sp³-hybridized carbons (Fsp3) is 0.312. The first-order valence-electron chi connectivity index (χ1n) is 6.81. The molecule has 8 heteroatoms. The van der Waals surface area contributed by atoms with Gasteiger partial charge in [-0.2, -0.15) is 0 Å². The van der Waals surface area contributed by atoms with Crippen LogP contribution in [0.2, 0.25) is 0 Å². The maximum absolute atomic E-state index is 11.8. The number of carbonyl (C=O) groups excluding carboxylic acids is 3. The smallest absolute Gasteiger partial charge is 0.347 e. The fourth-order valence-electron chi connectivity index (χ4n) is 1.68. The van der Waals surface area contributed by atoms with Crippen molar-refractivity contribution in [1.29, 1.82) is 0 Å². The van der Waals surface area contributed by atoms with E-state index >= 15 is 0 Å². The molecule has 0 aliphatic rings. The van der Waals surface area contributed by atoms with Crippen LogP contribution < -0.4 is 4.74 Å². The Morgan fingerprint density at radius 1 is 1.17 bits per heavy atom. The number of ether oxygens (including phenoxy) is 4. The zero-order chi connectivity index (χ0) is 18.1. The van der Waals surface area contributed by atoms with Crippen LogP contribution in [0.15, 0.2) is 24.3 Å². The summed E-state index contributed by atoms with van der Waals surface area (Å²) in [5.74, 6) is -2.23. The molecule has 0 aromatic heterocycles. The molecule has 0 saturated heterocycles. The maximum Gasteiger partial charge on any atom is 0.347 e. The van der Waals surface area contributed by atoms with Gasteiger partial charge in [-0.15, -0.1) is 0 Å². The highest BCUT2D eigenvalue weighted by atomic mass is 16.6. The van der Waals surface area contributed by atoms with Gasteiger partial charge < -0.3 is 24.1 Å². The third-order valence-corrected chi connectivity index (χ3v) is 2.92. The second kappa shape index (κ2) is 9.19. The molecule has 0 heterocycles. The number of phenolic OH excluding ortho intramolecular Hbond substituents is 1. The van der Waals surface area contributed by atoms with Crippen molar-refractivity contribution in [2.24, 2.45) is 0 Å². The SMILES string of the molecule is COC(=O)C[C@@H](OC(=O)/C=C/c1ccc(O)c(OC)c1)C(=O)OC. The maximum atomic E-state index is 11.8. The third kappa shape index (κ3) is 5.64. The predicted molar refractivity (Wildman–Crippen MR) is 82.2 cm³/mol. The Labute approximate surface area is 138 Å². The lowest BCUT2D eigenvalue weighted by Gasteiger charge is -2.13. The normalized spacial score (nSPS) is 11.6. The summed E-state index contributed by atoms with van der Waals surface area (Å²) in [6.45, 7) is 0. The van der Waals surface area contributed by atoms with Gasteiger partial charge in [0.05, 0.1) is 27.8 Å². The first kappa shape index (κ1) is 19.0. The standard InChI is InChI=1S/C16H18O8/c1-21-12-8-10(4-6-11(12)17)5-7-14(18)24-13(16(20)23-3)9-15(19)22-2/h4-8,13,17H,9H2,1-3H3/b7-5+/t13-/m1/s1. The van der Waals surface area contributed by atoms with Crippen LogP contribution in [0.3, 0.4) is 0 Å². The molecule has 1 rings (SSSR count). The van der Waals surface area contributed by atoms with Gasteiger partial charge in [-0.3, -0.25) is 4.79 Å². The summed E-state index contributed by atoms with van der Waals surface area (Å²) in [5, 5.41) is 9.49. The molecule has 0 saturated carbocycles. The number of rotatable bonds is 7. The van der Waals surface area contributed by atoms with E-state index in [1.54, 1.807) is 6.07 Å². The number of aromatic hydroxyl groups is 1. The minimum atomic E-state index is -1.39. The molecule has 0 spiro atoms. The van der Waals surface area contributed by atoms with Crippen LogP contribution >= 0.6 is 0 Å². The highest BCUT2D eigenvalue weighted by Crippen LogP contribution is 2.26. The molecule has 0 aliphatic carbocycles. The molecule has 0 radical (unpaired) electrons. The quantitative estimate of drug-likeness (QED) is 0.447.